The molecule has 0 radical (unpaired) electrons. The van der Waals surface area contributed by atoms with Gasteiger partial charge in [0.25, 0.3) is 5.91 Å². The molecule has 2 heterocycles. The molecule has 0 spiro atoms. The Hall–Kier alpha value is -3.60. The number of anilines is 1. The Balaban J connectivity index is 1.66. The van der Waals surface area contributed by atoms with Crippen molar-refractivity contribution in [1.82, 2.24) is 20.2 Å². The zero-order valence-electron chi connectivity index (χ0n) is 18.3. The van der Waals surface area contributed by atoms with Crippen molar-refractivity contribution in [3.63, 3.8) is 0 Å². The molecule has 1 aliphatic heterocycles. The summed E-state index contributed by atoms with van der Waals surface area (Å²) in [6, 6.07) is 3.62. The molecule has 0 aliphatic carbocycles. The van der Waals surface area contributed by atoms with E-state index in [1.165, 1.54) is 33.5 Å². The van der Waals surface area contributed by atoms with Crippen LogP contribution in [0.25, 0.3) is 0 Å². The first-order valence-corrected chi connectivity index (χ1v) is 10.0. The number of carbonyl (C=O) groups excluding carboxylic acids is 2. The Morgan fingerprint density at radius 3 is 2.12 bits per heavy atom. The molecular weight excluding hydrogens is 418 g/mol. The molecule has 0 unspecified atom stereocenters. The number of piperazine rings is 1. The number of carbonyl (C=O) groups is 2. The van der Waals surface area contributed by atoms with Crippen molar-refractivity contribution in [2.75, 3.05) is 59.0 Å². The van der Waals surface area contributed by atoms with Crippen molar-refractivity contribution < 1.29 is 28.9 Å². The van der Waals surface area contributed by atoms with Crippen LogP contribution in [0.1, 0.15) is 10.4 Å². The van der Waals surface area contributed by atoms with E-state index in [-0.39, 0.29) is 11.5 Å². The number of rotatable bonds is 8. The molecule has 1 aromatic carbocycles. The van der Waals surface area contributed by atoms with E-state index in [4.69, 9.17) is 14.2 Å². The monoisotopic (exact) mass is 445 g/mol. The first-order chi connectivity index (χ1) is 15.5. The second kappa shape index (κ2) is 10.6. The van der Waals surface area contributed by atoms with Crippen LogP contribution in [0, 0.1) is 0 Å². The number of methoxy groups -OCH3 is 3. The molecule has 1 aliphatic rings. The summed E-state index contributed by atoms with van der Waals surface area (Å²) in [6.07, 6.45) is 3.33. The SMILES string of the molecule is COc1cc(C(=O)N[C@@H](CO)C(=O)N2CCN(c3ncccn3)CC2)cc(OC)c1OC. The van der Waals surface area contributed by atoms with E-state index in [1.807, 2.05) is 4.90 Å². The van der Waals surface area contributed by atoms with Gasteiger partial charge in [-0.1, -0.05) is 0 Å². The molecule has 11 nitrogen and oxygen atoms in total. The first kappa shape index (κ1) is 23.1. The number of aliphatic hydroxyl groups excluding tert-OH is 1. The highest BCUT2D eigenvalue weighted by Gasteiger charge is 2.29. The lowest BCUT2D eigenvalue weighted by Crippen LogP contribution is -2.56. The lowest BCUT2D eigenvalue weighted by Gasteiger charge is -2.36. The minimum Gasteiger partial charge on any atom is -0.493 e. The fraction of sp³-hybridized carbons (Fsp3) is 0.429. The molecule has 1 atom stereocenters. The van der Waals surface area contributed by atoms with E-state index in [0.29, 0.717) is 49.4 Å². The molecule has 2 aromatic rings. The second-order valence-corrected chi connectivity index (χ2v) is 6.98. The molecule has 32 heavy (non-hydrogen) atoms. The maximum absolute atomic E-state index is 12.9. The molecule has 0 saturated carbocycles. The summed E-state index contributed by atoms with van der Waals surface area (Å²) < 4.78 is 15.8. The number of amides is 2. The molecule has 0 bridgehead atoms. The van der Waals surface area contributed by atoms with Crippen LogP contribution in [0.3, 0.4) is 0 Å². The normalized spacial score (nSPS) is 14.5. The van der Waals surface area contributed by atoms with Gasteiger partial charge in [-0.2, -0.15) is 0 Å². The van der Waals surface area contributed by atoms with Gasteiger partial charge in [0, 0.05) is 44.1 Å². The van der Waals surface area contributed by atoms with Crippen molar-refractivity contribution in [2.24, 2.45) is 0 Å². The lowest BCUT2D eigenvalue weighted by atomic mass is 10.1. The Morgan fingerprint density at radius 1 is 1.03 bits per heavy atom. The summed E-state index contributed by atoms with van der Waals surface area (Å²) in [5.74, 6) is 0.664. The van der Waals surface area contributed by atoms with Crippen molar-refractivity contribution in [2.45, 2.75) is 6.04 Å². The van der Waals surface area contributed by atoms with Gasteiger partial charge in [0.2, 0.25) is 17.6 Å². The number of nitrogens with zero attached hydrogens (tertiary/aromatic N) is 4. The minimum absolute atomic E-state index is 0.205. The van der Waals surface area contributed by atoms with Gasteiger partial charge in [-0.3, -0.25) is 9.59 Å². The van der Waals surface area contributed by atoms with Gasteiger partial charge in [0.15, 0.2) is 11.5 Å². The van der Waals surface area contributed by atoms with Crippen LogP contribution in [0.2, 0.25) is 0 Å². The molecule has 172 valence electrons. The quantitative estimate of drug-likeness (QED) is 0.575. The van der Waals surface area contributed by atoms with E-state index >= 15 is 0 Å². The smallest absolute Gasteiger partial charge is 0.252 e. The highest BCUT2D eigenvalue weighted by atomic mass is 16.5. The van der Waals surface area contributed by atoms with Crippen molar-refractivity contribution >= 4 is 17.8 Å². The highest BCUT2D eigenvalue weighted by molar-refractivity contribution is 5.98. The van der Waals surface area contributed by atoms with E-state index in [0.717, 1.165) is 0 Å². The maximum Gasteiger partial charge on any atom is 0.252 e. The first-order valence-electron chi connectivity index (χ1n) is 10.0. The van der Waals surface area contributed by atoms with Gasteiger partial charge in [-0.25, -0.2) is 9.97 Å². The number of hydrogen-bond donors (Lipinski definition) is 2. The van der Waals surface area contributed by atoms with Crippen LogP contribution < -0.4 is 24.4 Å². The number of aromatic nitrogens is 2. The Labute approximate surface area is 185 Å². The van der Waals surface area contributed by atoms with Crippen LogP contribution in [-0.4, -0.2) is 91.9 Å². The second-order valence-electron chi connectivity index (χ2n) is 6.98. The average Bonchev–Trinajstić information content (AvgIpc) is 2.86. The average molecular weight is 445 g/mol. The van der Waals surface area contributed by atoms with E-state index in [9.17, 15) is 14.7 Å². The van der Waals surface area contributed by atoms with Crippen molar-refractivity contribution in [1.29, 1.82) is 0 Å². The number of ether oxygens (including phenoxy) is 3. The summed E-state index contributed by atoms with van der Waals surface area (Å²) in [5.41, 5.74) is 0.205. The predicted octanol–water partition coefficient (Wildman–Crippen LogP) is -0.0581. The van der Waals surface area contributed by atoms with Crippen LogP contribution in [0.15, 0.2) is 30.6 Å². The number of benzene rings is 1. The molecule has 1 saturated heterocycles. The number of aliphatic hydroxyl groups is 1. The number of nitrogens with one attached hydrogen (secondary N) is 1. The largest absolute Gasteiger partial charge is 0.493 e. The van der Waals surface area contributed by atoms with Gasteiger partial charge < -0.3 is 34.4 Å². The minimum atomic E-state index is -1.08. The molecule has 1 fully saturated rings. The van der Waals surface area contributed by atoms with Gasteiger partial charge in [-0.15, -0.1) is 0 Å². The fourth-order valence-electron chi connectivity index (χ4n) is 3.44. The third-order valence-electron chi connectivity index (χ3n) is 5.14. The lowest BCUT2D eigenvalue weighted by molar-refractivity contribution is -0.134. The summed E-state index contributed by atoms with van der Waals surface area (Å²) >= 11 is 0. The molecule has 3 rings (SSSR count). The molecule has 2 N–H and O–H groups in total. The van der Waals surface area contributed by atoms with Crippen LogP contribution in [-0.2, 0) is 4.79 Å². The zero-order chi connectivity index (χ0) is 23.1. The van der Waals surface area contributed by atoms with Crippen molar-refractivity contribution in [3.8, 4) is 17.2 Å². The molecular formula is C21H27N5O6. The molecule has 1 aromatic heterocycles. The van der Waals surface area contributed by atoms with Crippen LogP contribution in [0.5, 0.6) is 17.2 Å². The Bertz CT molecular complexity index is 909. The summed E-state index contributed by atoms with van der Waals surface area (Å²) in [7, 11) is 4.35. The fourth-order valence-corrected chi connectivity index (χ4v) is 3.44. The topological polar surface area (TPSA) is 126 Å². The maximum atomic E-state index is 12.9. The Morgan fingerprint density at radius 2 is 1.62 bits per heavy atom. The summed E-state index contributed by atoms with van der Waals surface area (Å²) in [5, 5.41) is 12.4. The summed E-state index contributed by atoms with van der Waals surface area (Å²) in [6.45, 7) is 1.42. The summed E-state index contributed by atoms with van der Waals surface area (Å²) in [4.78, 5) is 37.8. The molecule has 2 amide bonds. The van der Waals surface area contributed by atoms with E-state index in [1.54, 1.807) is 23.4 Å². The van der Waals surface area contributed by atoms with Gasteiger partial charge in [-0.05, 0) is 18.2 Å². The van der Waals surface area contributed by atoms with Crippen LogP contribution >= 0.6 is 0 Å². The van der Waals surface area contributed by atoms with E-state index in [2.05, 4.69) is 15.3 Å². The third kappa shape index (κ3) is 4.99. The zero-order valence-corrected chi connectivity index (χ0v) is 18.3. The van der Waals surface area contributed by atoms with E-state index < -0.39 is 18.6 Å². The predicted molar refractivity (Wildman–Crippen MR) is 115 cm³/mol. The van der Waals surface area contributed by atoms with Gasteiger partial charge in [0.05, 0.1) is 27.9 Å². The highest BCUT2D eigenvalue weighted by Crippen LogP contribution is 2.38. The van der Waals surface area contributed by atoms with Crippen LogP contribution in [0.4, 0.5) is 5.95 Å². The van der Waals surface area contributed by atoms with Gasteiger partial charge in [0.1, 0.15) is 6.04 Å². The molecule has 11 heteroatoms. The Kier molecular flexibility index (Phi) is 7.66. The van der Waals surface area contributed by atoms with Crippen molar-refractivity contribution in [3.05, 3.63) is 36.2 Å². The standard InChI is InChI=1S/C21H27N5O6/c1-30-16-11-14(12-17(31-2)18(16)32-3)19(28)24-15(13-27)20(29)25-7-9-26(10-8-25)21-22-5-4-6-23-21/h4-6,11-12,15,27H,7-10,13H2,1-3H3,(H,24,28)/t15-/m0/s1. The van der Waals surface area contributed by atoms with Gasteiger partial charge >= 0.3 is 0 Å². The number of hydrogen-bond acceptors (Lipinski definition) is 9. The third-order valence-corrected chi connectivity index (χ3v) is 5.14.